The highest BCUT2D eigenvalue weighted by molar-refractivity contribution is 5.43. The van der Waals surface area contributed by atoms with Gasteiger partial charge in [-0.05, 0) is 42.7 Å². The van der Waals surface area contributed by atoms with Crippen molar-refractivity contribution in [2.24, 2.45) is 0 Å². The maximum atomic E-state index is 5.19. The van der Waals surface area contributed by atoms with Crippen molar-refractivity contribution in [3.63, 3.8) is 0 Å². The zero-order chi connectivity index (χ0) is 14.2. The molecular formula is C16H25N3O. The van der Waals surface area contributed by atoms with Gasteiger partial charge in [-0.1, -0.05) is 13.0 Å². The van der Waals surface area contributed by atoms with Crippen molar-refractivity contribution in [2.45, 2.75) is 26.3 Å². The molecule has 0 radical (unpaired) electrons. The van der Waals surface area contributed by atoms with Crippen molar-refractivity contribution < 1.29 is 4.74 Å². The summed E-state index contributed by atoms with van der Waals surface area (Å²) in [5, 5.41) is 3.43. The average molecular weight is 275 g/mol. The molecule has 2 heterocycles. The Morgan fingerprint density at radius 1 is 1.45 bits per heavy atom. The number of nitrogens with one attached hydrogen (secondary N) is 1. The first-order chi connectivity index (χ1) is 9.83. The van der Waals surface area contributed by atoms with E-state index in [2.05, 4.69) is 40.3 Å². The van der Waals surface area contributed by atoms with E-state index in [1.165, 1.54) is 11.1 Å². The minimum atomic E-state index is 0.752. The average Bonchev–Trinajstić information content (AvgIpc) is 2.49. The van der Waals surface area contributed by atoms with E-state index in [9.17, 15) is 0 Å². The van der Waals surface area contributed by atoms with Crippen LogP contribution in [0.1, 0.15) is 25.3 Å². The van der Waals surface area contributed by atoms with Gasteiger partial charge in [0.25, 0.3) is 0 Å². The number of aromatic nitrogens is 1. The lowest BCUT2D eigenvalue weighted by Crippen LogP contribution is -2.30. The van der Waals surface area contributed by atoms with Crippen molar-refractivity contribution in [3.8, 4) is 0 Å². The molecule has 0 fully saturated rings. The smallest absolute Gasteiger partial charge is 0.129 e. The van der Waals surface area contributed by atoms with Gasteiger partial charge >= 0.3 is 0 Å². The first-order valence-electron chi connectivity index (χ1n) is 7.41. The van der Waals surface area contributed by atoms with Crippen molar-refractivity contribution in [2.75, 3.05) is 38.3 Å². The quantitative estimate of drug-likeness (QED) is 0.612. The molecule has 1 aromatic heterocycles. The Hall–Kier alpha value is -1.39. The highest BCUT2D eigenvalue weighted by Crippen LogP contribution is 2.18. The summed E-state index contributed by atoms with van der Waals surface area (Å²) < 4.78 is 5.19. The second kappa shape index (κ2) is 8.02. The van der Waals surface area contributed by atoms with Gasteiger partial charge < -0.3 is 15.0 Å². The maximum absolute atomic E-state index is 5.19. The maximum Gasteiger partial charge on any atom is 0.129 e. The molecule has 1 aromatic rings. The van der Waals surface area contributed by atoms with Gasteiger partial charge in [0, 0.05) is 32.9 Å². The highest BCUT2D eigenvalue weighted by atomic mass is 16.5. The molecule has 1 N–H and O–H groups in total. The minimum Gasteiger partial charge on any atom is -0.380 e. The van der Waals surface area contributed by atoms with E-state index >= 15 is 0 Å². The van der Waals surface area contributed by atoms with Gasteiger partial charge in [-0.2, -0.15) is 0 Å². The number of rotatable bonds is 7. The number of anilines is 1. The Morgan fingerprint density at radius 3 is 3.05 bits per heavy atom. The molecular weight excluding hydrogens is 250 g/mol. The fourth-order valence-electron chi connectivity index (χ4n) is 2.39. The number of hydrogen-bond acceptors (Lipinski definition) is 4. The van der Waals surface area contributed by atoms with Gasteiger partial charge in [-0.15, -0.1) is 0 Å². The van der Waals surface area contributed by atoms with Gasteiger partial charge in [0.05, 0.1) is 6.61 Å². The van der Waals surface area contributed by atoms with E-state index in [1.807, 2.05) is 6.20 Å². The molecule has 0 unspecified atom stereocenters. The monoisotopic (exact) mass is 275 g/mol. The summed E-state index contributed by atoms with van der Waals surface area (Å²) in [5.41, 5.74) is 2.69. The number of pyridine rings is 1. The molecule has 0 spiro atoms. The van der Waals surface area contributed by atoms with Crippen LogP contribution < -0.4 is 10.2 Å². The lowest BCUT2D eigenvalue weighted by molar-refractivity contribution is 0.222. The summed E-state index contributed by atoms with van der Waals surface area (Å²) in [6.07, 6.45) is 6.40. The number of ether oxygens (including phenoxy) is 1. The topological polar surface area (TPSA) is 37.4 Å². The van der Waals surface area contributed by atoms with Crippen molar-refractivity contribution in [1.29, 1.82) is 0 Å². The molecule has 1 aliphatic heterocycles. The minimum absolute atomic E-state index is 0.752. The van der Waals surface area contributed by atoms with E-state index < -0.39 is 0 Å². The second-order valence-electron chi connectivity index (χ2n) is 5.19. The van der Waals surface area contributed by atoms with Crippen LogP contribution in [0.25, 0.3) is 0 Å². The fourth-order valence-corrected chi connectivity index (χ4v) is 2.39. The van der Waals surface area contributed by atoms with Crippen LogP contribution in [-0.4, -0.2) is 38.3 Å². The summed E-state index contributed by atoms with van der Waals surface area (Å²) in [5.74, 6) is 1.08. The van der Waals surface area contributed by atoms with Crippen LogP contribution in [0.3, 0.4) is 0 Å². The van der Waals surface area contributed by atoms with E-state index in [0.29, 0.717) is 0 Å². The zero-order valence-electron chi connectivity index (χ0n) is 12.6. The van der Waals surface area contributed by atoms with Crippen molar-refractivity contribution in [1.82, 2.24) is 10.3 Å². The van der Waals surface area contributed by atoms with Crippen LogP contribution in [0.15, 0.2) is 30.0 Å². The van der Waals surface area contributed by atoms with E-state index in [0.717, 1.165) is 51.4 Å². The molecule has 0 amide bonds. The van der Waals surface area contributed by atoms with Crippen LogP contribution >= 0.6 is 0 Å². The Morgan fingerprint density at radius 2 is 2.35 bits per heavy atom. The SMILES string of the molecule is CCCNCc1ccnc(N2CC=C(COC)CC2)c1. The molecule has 0 bridgehead atoms. The molecule has 4 nitrogen and oxygen atoms in total. The number of methoxy groups -OCH3 is 1. The summed E-state index contributed by atoms with van der Waals surface area (Å²) >= 11 is 0. The van der Waals surface area contributed by atoms with Gasteiger partial charge in [-0.3, -0.25) is 0 Å². The molecule has 20 heavy (non-hydrogen) atoms. The molecule has 0 aliphatic carbocycles. The number of hydrogen-bond donors (Lipinski definition) is 1. The summed E-state index contributed by atoms with van der Waals surface area (Å²) in [4.78, 5) is 6.82. The first kappa shape index (κ1) is 15.0. The summed E-state index contributed by atoms with van der Waals surface area (Å²) in [6, 6.07) is 4.28. The van der Waals surface area contributed by atoms with Crippen LogP contribution in [0.2, 0.25) is 0 Å². The molecule has 110 valence electrons. The molecule has 0 aromatic carbocycles. The van der Waals surface area contributed by atoms with Gasteiger partial charge in [0.15, 0.2) is 0 Å². The van der Waals surface area contributed by atoms with E-state index in [-0.39, 0.29) is 0 Å². The fraction of sp³-hybridized carbons (Fsp3) is 0.562. The Kier molecular flexibility index (Phi) is 6.02. The Labute approximate surface area is 121 Å². The van der Waals surface area contributed by atoms with Crippen LogP contribution in [0.4, 0.5) is 5.82 Å². The predicted octanol–water partition coefficient (Wildman–Crippen LogP) is 2.36. The standard InChI is InChI=1S/C16H25N3O/c1-3-7-17-12-15-4-8-18-16(11-15)19-9-5-14(6-10-19)13-20-2/h4-5,8,11,17H,3,6-7,9-10,12-13H2,1-2H3. The Balaban J connectivity index is 1.94. The second-order valence-corrected chi connectivity index (χ2v) is 5.19. The lowest BCUT2D eigenvalue weighted by Gasteiger charge is -2.27. The first-order valence-corrected chi connectivity index (χ1v) is 7.41. The third-order valence-corrected chi connectivity index (χ3v) is 3.52. The highest BCUT2D eigenvalue weighted by Gasteiger charge is 2.13. The van der Waals surface area contributed by atoms with Crippen LogP contribution in [0, 0.1) is 0 Å². The molecule has 0 atom stereocenters. The molecule has 0 saturated heterocycles. The summed E-state index contributed by atoms with van der Waals surface area (Å²) in [6.45, 7) is 6.86. The van der Waals surface area contributed by atoms with E-state index in [4.69, 9.17) is 4.74 Å². The molecule has 0 saturated carbocycles. The van der Waals surface area contributed by atoms with E-state index in [1.54, 1.807) is 7.11 Å². The normalized spacial score (nSPS) is 15.3. The molecule has 2 rings (SSSR count). The number of nitrogens with zero attached hydrogens (tertiary/aromatic N) is 2. The lowest BCUT2D eigenvalue weighted by atomic mass is 10.1. The van der Waals surface area contributed by atoms with Crippen LogP contribution in [0.5, 0.6) is 0 Å². The third-order valence-electron chi connectivity index (χ3n) is 3.52. The predicted molar refractivity (Wildman–Crippen MR) is 83.0 cm³/mol. The summed E-state index contributed by atoms with van der Waals surface area (Å²) in [7, 11) is 1.75. The van der Waals surface area contributed by atoms with Crippen molar-refractivity contribution >= 4 is 5.82 Å². The molecule has 1 aliphatic rings. The van der Waals surface area contributed by atoms with Gasteiger partial charge in [-0.25, -0.2) is 4.98 Å². The molecule has 4 heteroatoms. The zero-order valence-corrected chi connectivity index (χ0v) is 12.6. The van der Waals surface area contributed by atoms with Crippen molar-refractivity contribution in [3.05, 3.63) is 35.5 Å². The van der Waals surface area contributed by atoms with Gasteiger partial charge in [0.2, 0.25) is 0 Å². The third kappa shape index (κ3) is 4.32. The largest absolute Gasteiger partial charge is 0.380 e. The Bertz CT molecular complexity index is 445. The van der Waals surface area contributed by atoms with Gasteiger partial charge in [0.1, 0.15) is 5.82 Å². The van der Waals surface area contributed by atoms with Crippen LogP contribution in [-0.2, 0) is 11.3 Å².